The van der Waals surface area contributed by atoms with Crippen molar-refractivity contribution < 1.29 is 14.9 Å². The van der Waals surface area contributed by atoms with Crippen molar-refractivity contribution in [1.82, 2.24) is 4.90 Å². The summed E-state index contributed by atoms with van der Waals surface area (Å²) in [5, 5.41) is 22.8. The van der Waals surface area contributed by atoms with Crippen molar-refractivity contribution in [2.45, 2.75) is 19.4 Å². The summed E-state index contributed by atoms with van der Waals surface area (Å²) in [6.45, 7) is 2.19. The molecule has 7 nitrogen and oxygen atoms in total. The normalized spacial score (nSPS) is 15.9. The predicted octanol–water partition coefficient (Wildman–Crippen LogP) is 2.03. The number of nitro benzene ring substituents is 1. The molecule has 1 heterocycles. The molecule has 2 rings (SSSR count). The van der Waals surface area contributed by atoms with E-state index >= 15 is 0 Å². The van der Waals surface area contributed by atoms with Crippen LogP contribution >= 0.6 is 0 Å². The Morgan fingerprint density at radius 1 is 1.40 bits per heavy atom. The zero-order valence-corrected chi connectivity index (χ0v) is 11.3. The number of hydrogen-bond donors (Lipinski definition) is 1. The third-order valence-corrected chi connectivity index (χ3v) is 3.38. The molecule has 0 saturated carbocycles. The van der Waals surface area contributed by atoms with Crippen LogP contribution in [0.15, 0.2) is 23.4 Å². The van der Waals surface area contributed by atoms with E-state index in [1.165, 1.54) is 13.2 Å². The maximum Gasteiger partial charge on any atom is 0.273 e. The van der Waals surface area contributed by atoms with Crippen LogP contribution in [-0.2, 0) is 6.54 Å². The highest BCUT2D eigenvalue weighted by molar-refractivity contribution is 5.84. The van der Waals surface area contributed by atoms with Gasteiger partial charge in [0.05, 0.1) is 23.8 Å². The lowest BCUT2D eigenvalue weighted by Crippen LogP contribution is -2.33. The fourth-order valence-corrected chi connectivity index (χ4v) is 2.29. The number of rotatable bonds is 4. The number of methoxy groups -OCH3 is 1. The number of hydrogen-bond acceptors (Lipinski definition) is 6. The zero-order chi connectivity index (χ0) is 14.5. The van der Waals surface area contributed by atoms with Gasteiger partial charge in [-0.2, -0.15) is 0 Å². The third kappa shape index (κ3) is 3.45. The number of nitrogens with zero attached hydrogens (tertiary/aromatic N) is 3. The van der Waals surface area contributed by atoms with E-state index in [0.717, 1.165) is 37.2 Å². The molecular formula is C13H17N3O4. The summed E-state index contributed by atoms with van der Waals surface area (Å²) < 4.78 is 5.09. The second-order valence-corrected chi connectivity index (χ2v) is 4.74. The van der Waals surface area contributed by atoms with Crippen molar-refractivity contribution in [2.24, 2.45) is 5.16 Å². The van der Waals surface area contributed by atoms with Gasteiger partial charge in [-0.25, -0.2) is 0 Å². The first-order valence-electron chi connectivity index (χ1n) is 6.37. The van der Waals surface area contributed by atoms with Gasteiger partial charge in [-0.15, -0.1) is 0 Å². The molecule has 0 atom stereocenters. The molecule has 1 fully saturated rings. The van der Waals surface area contributed by atoms with Crippen molar-refractivity contribution in [3.8, 4) is 5.75 Å². The molecule has 0 spiro atoms. The second kappa shape index (κ2) is 6.33. The molecule has 0 aliphatic carbocycles. The molecule has 108 valence electrons. The van der Waals surface area contributed by atoms with Crippen molar-refractivity contribution in [2.75, 3.05) is 20.2 Å². The van der Waals surface area contributed by atoms with E-state index in [1.807, 2.05) is 6.07 Å². The minimum Gasteiger partial charge on any atom is -0.496 e. The smallest absolute Gasteiger partial charge is 0.273 e. The second-order valence-electron chi connectivity index (χ2n) is 4.74. The number of nitro groups is 1. The molecule has 20 heavy (non-hydrogen) atoms. The van der Waals surface area contributed by atoms with Gasteiger partial charge in [-0.05, 0) is 11.6 Å². The predicted molar refractivity (Wildman–Crippen MR) is 73.4 cm³/mol. The van der Waals surface area contributed by atoms with Crippen LogP contribution in [0.4, 0.5) is 5.69 Å². The van der Waals surface area contributed by atoms with Crippen LogP contribution in [0.1, 0.15) is 18.4 Å². The largest absolute Gasteiger partial charge is 0.496 e. The highest BCUT2D eigenvalue weighted by atomic mass is 16.6. The number of oxime groups is 1. The summed E-state index contributed by atoms with van der Waals surface area (Å²) in [5.41, 5.74) is 1.69. The number of likely N-dealkylation sites (tertiary alicyclic amines) is 1. The van der Waals surface area contributed by atoms with Crippen LogP contribution in [0.3, 0.4) is 0 Å². The van der Waals surface area contributed by atoms with Crippen LogP contribution in [-0.4, -0.2) is 40.9 Å². The molecule has 1 aliphatic heterocycles. The van der Waals surface area contributed by atoms with Crippen LogP contribution in [0.5, 0.6) is 5.75 Å². The van der Waals surface area contributed by atoms with E-state index in [9.17, 15) is 10.1 Å². The monoisotopic (exact) mass is 279 g/mol. The van der Waals surface area contributed by atoms with Crippen molar-refractivity contribution in [1.29, 1.82) is 0 Å². The molecule has 1 N–H and O–H groups in total. The summed E-state index contributed by atoms with van der Waals surface area (Å²) in [7, 11) is 1.49. The summed E-state index contributed by atoms with van der Waals surface area (Å²) in [4.78, 5) is 12.6. The van der Waals surface area contributed by atoms with Crippen molar-refractivity contribution in [3.05, 3.63) is 33.9 Å². The minimum atomic E-state index is -0.418. The Bertz CT molecular complexity index is 520. The van der Waals surface area contributed by atoms with Gasteiger partial charge >= 0.3 is 0 Å². The van der Waals surface area contributed by atoms with Gasteiger partial charge < -0.3 is 9.94 Å². The highest BCUT2D eigenvalue weighted by Gasteiger charge is 2.17. The Morgan fingerprint density at radius 2 is 2.10 bits per heavy atom. The van der Waals surface area contributed by atoms with E-state index < -0.39 is 4.92 Å². The lowest BCUT2D eigenvalue weighted by molar-refractivity contribution is -0.385. The Balaban J connectivity index is 2.09. The molecule has 1 saturated heterocycles. The minimum absolute atomic E-state index is 0.0361. The van der Waals surface area contributed by atoms with E-state index in [2.05, 4.69) is 10.1 Å². The van der Waals surface area contributed by atoms with Crippen molar-refractivity contribution in [3.63, 3.8) is 0 Å². The van der Waals surface area contributed by atoms with Crippen LogP contribution in [0.25, 0.3) is 0 Å². The van der Waals surface area contributed by atoms with E-state index in [1.54, 1.807) is 6.07 Å². The molecule has 0 unspecified atom stereocenters. The summed E-state index contributed by atoms with van der Waals surface area (Å²) in [6, 6.07) is 4.79. The average molecular weight is 279 g/mol. The summed E-state index contributed by atoms with van der Waals surface area (Å²) in [6.07, 6.45) is 1.45. The Labute approximate surface area is 116 Å². The molecular weight excluding hydrogens is 262 g/mol. The van der Waals surface area contributed by atoms with Crippen LogP contribution in [0, 0.1) is 10.1 Å². The van der Waals surface area contributed by atoms with Crippen molar-refractivity contribution >= 4 is 11.4 Å². The lowest BCUT2D eigenvalue weighted by Gasteiger charge is -2.26. The first-order valence-corrected chi connectivity index (χ1v) is 6.37. The third-order valence-electron chi connectivity index (χ3n) is 3.38. The Hall–Kier alpha value is -2.15. The molecule has 0 aromatic heterocycles. The first kappa shape index (κ1) is 14.3. The standard InChI is InChI=1S/C13H17N3O4/c1-20-13-7-10(6-12(8-13)16(18)19)9-15-4-2-11(14-17)3-5-15/h6-8,17H,2-5,9H2,1H3. The molecule has 0 bridgehead atoms. The SMILES string of the molecule is COc1cc(CN2CCC(=NO)CC2)cc([N+](=O)[O-])c1. The number of ether oxygens (including phenoxy) is 1. The van der Waals surface area contributed by atoms with Gasteiger partial charge in [0.1, 0.15) is 5.75 Å². The molecule has 0 radical (unpaired) electrons. The van der Waals surface area contributed by atoms with Gasteiger partial charge in [-0.1, -0.05) is 5.16 Å². The maximum atomic E-state index is 10.9. The number of non-ortho nitro benzene ring substituents is 1. The molecule has 1 aromatic carbocycles. The quantitative estimate of drug-likeness (QED) is 0.517. The molecule has 7 heteroatoms. The zero-order valence-electron chi connectivity index (χ0n) is 11.3. The van der Waals surface area contributed by atoms with Gasteiger partial charge in [0.2, 0.25) is 0 Å². The lowest BCUT2D eigenvalue weighted by atomic mass is 10.1. The Kier molecular flexibility index (Phi) is 4.52. The highest BCUT2D eigenvalue weighted by Crippen LogP contribution is 2.24. The first-order chi connectivity index (χ1) is 9.62. The Morgan fingerprint density at radius 3 is 2.65 bits per heavy atom. The van der Waals surface area contributed by atoms with E-state index in [-0.39, 0.29) is 5.69 Å². The molecule has 1 aliphatic rings. The fraction of sp³-hybridized carbons (Fsp3) is 0.462. The maximum absolute atomic E-state index is 10.9. The summed E-state index contributed by atoms with van der Waals surface area (Å²) >= 11 is 0. The molecule has 1 aromatic rings. The molecule has 0 amide bonds. The van der Waals surface area contributed by atoms with Crippen LogP contribution in [0.2, 0.25) is 0 Å². The van der Waals surface area contributed by atoms with Crippen LogP contribution < -0.4 is 4.74 Å². The van der Waals surface area contributed by atoms with Gasteiger partial charge in [0, 0.05) is 38.5 Å². The van der Waals surface area contributed by atoms with E-state index in [0.29, 0.717) is 12.3 Å². The van der Waals surface area contributed by atoms with Gasteiger partial charge in [0.15, 0.2) is 0 Å². The van der Waals surface area contributed by atoms with E-state index in [4.69, 9.17) is 9.94 Å². The van der Waals surface area contributed by atoms with Gasteiger partial charge in [0.25, 0.3) is 5.69 Å². The summed E-state index contributed by atoms with van der Waals surface area (Å²) in [5.74, 6) is 0.490. The topological polar surface area (TPSA) is 88.2 Å². The number of piperidine rings is 1. The fourth-order valence-electron chi connectivity index (χ4n) is 2.29. The average Bonchev–Trinajstić information content (AvgIpc) is 2.47. The number of benzene rings is 1. The van der Waals surface area contributed by atoms with Gasteiger partial charge in [-0.3, -0.25) is 15.0 Å².